The van der Waals surface area contributed by atoms with Crippen molar-refractivity contribution in [3.63, 3.8) is 0 Å². The van der Waals surface area contributed by atoms with Gasteiger partial charge in [-0.15, -0.1) is 0 Å². The molecule has 1 nitrogen and oxygen atoms in total. The second-order valence-corrected chi connectivity index (χ2v) is 3.75. The maximum Gasteiger partial charge on any atom is 0.0503 e. The molecule has 0 saturated carbocycles. The molecule has 0 N–H and O–H groups in total. The number of hydrogen-bond acceptors (Lipinski definition) is 1. The predicted octanol–water partition coefficient (Wildman–Crippen LogP) is 2.58. The van der Waals surface area contributed by atoms with Crippen LogP contribution in [-0.4, -0.2) is 6.54 Å². The van der Waals surface area contributed by atoms with Gasteiger partial charge >= 0.3 is 0 Å². The first-order valence-electron chi connectivity index (χ1n) is 4.15. The van der Waals surface area contributed by atoms with Crippen LogP contribution >= 0.6 is 11.3 Å². The summed E-state index contributed by atoms with van der Waals surface area (Å²) in [5.74, 6) is 0. The van der Waals surface area contributed by atoms with Gasteiger partial charge in [0.1, 0.15) is 0 Å². The number of thiophene rings is 1. The lowest BCUT2D eigenvalue weighted by molar-refractivity contribution is 0.404. The van der Waals surface area contributed by atoms with Gasteiger partial charge in [0.2, 0.25) is 0 Å². The molecule has 1 aliphatic rings. The SMILES string of the molecule is c1cc(C2CCCC[N]2)cs1. The van der Waals surface area contributed by atoms with E-state index < -0.39 is 0 Å². The zero-order chi connectivity index (χ0) is 7.52. The Kier molecular flexibility index (Phi) is 2.24. The summed E-state index contributed by atoms with van der Waals surface area (Å²) >= 11 is 1.77. The largest absolute Gasteiger partial charge is 0.234 e. The van der Waals surface area contributed by atoms with Crippen LogP contribution in [0.25, 0.3) is 0 Å². The molecule has 1 atom stereocenters. The van der Waals surface area contributed by atoms with Crippen LogP contribution in [0.2, 0.25) is 0 Å². The topological polar surface area (TPSA) is 14.1 Å². The Morgan fingerprint density at radius 3 is 3.09 bits per heavy atom. The highest BCUT2D eigenvalue weighted by Crippen LogP contribution is 2.25. The highest BCUT2D eigenvalue weighted by molar-refractivity contribution is 7.07. The molecule has 1 aromatic rings. The predicted molar refractivity (Wildman–Crippen MR) is 47.9 cm³/mol. The summed E-state index contributed by atoms with van der Waals surface area (Å²) < 4.78 is 0. The van der Waals surface area contributed by atoms with Crippen LogP contribution in [0.3, 0.4) is 0 Å². The molecular formula is C9H12NS. The lowest BCUT2D eigenvalue weighted by atomic mass is 10.0. The minimum absolute atomic E-state index is 0.523. The Hall–Kier alpha value is -0.340. The molecule has 0 bridgehead atoms. The zero-order valence-corrected chi connectivity index (χ0v) is 7.31. The second kappa shape index (κ2) is 3.37. The third-order valence-electron chi connectivity index (χ3n) is 2.16. The van der Waals surface area contributed by atoms with Crippen LogP contribution in [0, 0.1) is 0 Å². The number of piperidine rings is 1. The molecule has 0 aliphatic carbocycles. The van der Waals surface area contributed by atoms with Gasteiger partial charge in [0.15, 0.2) is 0 Å². The van der Waals surface area contributed by atoms with Gasteiger partial charge in [0.25, 0.3) is 0 Å². The van der Waals surface area contributed by atoms with Crippen molar-refractivity contribution in [2.45, 2.75) is 25.3 Å². The van der Waals surface area contributed by atoms with E-state index in [1.165, 1.54) is 24.8 Å². The van der Waals surface area contributed by atoms with E-state index in [1.807, 2.05) is 0 Å². The van der Waals surface area contributed by atoms with E-state index in [2.05, 4.69) is 22.1 Å². The van der Waals surface area contributed by atoms with Crippen molar-refractivity contribution in [1.29, 1.82) is 0 Å². The summed E-state index contributed by atoms with van der Waals surface area (Å²) in [7, 11) is 0. The van der Waals surface area contributed by atoms with Crippen LogP contribution in [0.4, 0.5) is 0 Å². The van der Waals surface area contributed by atoms with Crippen LogP contribution in [0.1, 0.15) is 30.9 Å². The van der Waals surface area contributed by atoms with Gasteiger partial charge < -0.3 is 0 Å². The third-order valence-corrected chi connectivity index (χ3v) is 2.86. The standard InChI is InChI=1S/C9H12NS/c1-2-5-10-9(3-1)8-4-6-11-7-8/h4,6-7,9H,1-3,5H2. The maximum absolute atomic E-state index is 4.58. The Labute approximate surface area is 71.4 Å². The van der Waals surface area contributed by atoms with Gasteiger partial charge in [-0.2, -0.15) is 11.3 Å². The normalized spacial score (nSPS) is 25.3. The van der Waals surface area contributed by atoms with E-state index in [-0.39, 0.29) is 0 Å². The average molecular weight is 166 g/mol. The molecule has 0 spiro atoms. The number of rotatable bonds is 1. The molecule has 1 fully saturated rings. The first-order chi connectivity index (χ1) is 5.47. The molecule has 11 heavy (non-hydrogen) atoms. The van der Waals surface area contributed by atoms with Crippen LogP contribution in [0.15, 0.2) is 16.8 Å². The number of hydrogen-bond donors (Lipinski definition) is 0. The molecule has 1 aromatic heterocycles. The third kappa shape index (κ3) is 1.63. The van der Waals surface area contributed by atoms with E-state index in [9.17, 15) is 0 Å². The van der Waals surface area contributed by atoms with Crippen molar-refractivity contribution in [3.8, 4) is 0 Å². The van der Waals surface area contributed by atoms with Gasteiger partial charge in [0, 0.05) is 6.54 Å². The summed E-state index contributed by atoms with van der Waals surface area (Å²) in [5.41, 5.74) is 1.43. The molecule has 2 heterocycles. The zero-order valence-electron chi connectivity index (χ0n) is 6.49. The fourth-order valence-electron chi connectivity index (χ4n) is 1.52. The van der Waals surface area contributed by atoms with E-state index in [0.717, 1.165) is 6.54 Å². The maximum atomic E-state index is 4.58. The van der Waals surface area contributed by atoms with Gasteiger partial charge in [0.05, 0.1) is 6.04 Å². The second-order valence-electron chi connectivity index (χ2n) is 2.97. The van der Waals surface area contributed by atoms with E-state index in [1.54, 1.807) is 11.3 Å². The van der Waals surface area contributed by atoms with Crippen molar-refractivity contribution < 1.29 is 0 Å². The first kappa shape index (κ1) is 7.32. The highest BCUT2D eigenvalue weighted by Gasteiger charge is 2.15. The highest BCUT2D eigenvalue weighted by atomic mass is 32.1. The molecule has 1 saturated heterocycles. The lowest BCUT2D eigenvalue weighted by Gasteiger charge is -2.20. The van der Waals surface area contributed by atoms with Crippen molar-refractivity contribution >= 4 is 11.3 Å². The lowest BCUT2D eigenvalue weighted by Crippen LogP contribution is -2.19. The monoisotopic (exact) mass is 166 g/mol. The molecular weight excluding hydrogens is 154 g/mol. The molecule has 2 rings (SSSR count). The minimum atomic E-state index is 0.523. The Morgan fingerprint density at radius 1 is 1.45 bits per heavy atom. The first-order valence-corrected chi connectivity index (χ1v) is 5.10. The number of nitrogens with zero attached hydrogens (tertiary/aromatic N) is 1. The van der Waals surface area contributed by atoms with Crippen molar-refractivity contribution in [3.05, 3.63) is 22.4 Å². The summed E-state index contributed by atoms with van der Waals surface area (Å²) in [6.07, 6.45) is 3.90. The molecule has 0 amide bonds. The van der Waals surface area contributed by atoms with E-state index in [4.69, 9.17) is 0 Å². The molecule has 1 unspecified atom stereocenters. The van der Waals surface area contributed by atoms with Gasteiger partial charge in [-0.05, 0) is 35.2 Å². The van der Waals surface area contributed by atoms with Crippen LogP contribution in [0.5, 0.6) is 0 Å². The van der Waals surface area contributed by atoms with Crippen molar-refractivity contribution in [2.24, 2.45) is 0 Å². The van der Waals surface area contributed by atoms with Gasteiger partial charge in [-0.25, -0.2) is 5.32 Å². The smallest absolute Gasteiger partial charge is 0.0503 e. The fraction of sp³-hybridized carbons (Fsp3) is 0.556. The molecule has 0 aromatic carbocycles. The summed E-state index contributed by atoms with van der Waals surface area (Å²) in [5, 5.41) is 8.94. The Bertz CT molecular complexity index is 199. The average Bonchev–Trinajstić information content (AvgIpc) is 2.58. The van der Waals surface area contributed by atoms with Crippen molar-refractivity contribution in [2.75, 3.05) is 6.54 Å². The van der Waals surface area contributed by atoms with E-state index >= 15 is 0 Å². The summed E-state index contributed by atoms with van der Waals surface area (Å²) in [6.45, 7) is 1.07. The van der Waals surface area contributed by atoms with Gasteiger partial charge in [-0.1, -0.05) is 6.42 Å². The van der Waals surface area contributed by atoms with Crippen LogP contribution in [-0.2, 0) is 0 Å². The van der Waals surface area contributed by atoms with Crippen molar-refractivity contribution in [1.82, 2.24) is 5.32 Å². The summed E-state index contributed by atoms with van der Waals surface area (Å²) in [4.78, 5) is 0. The minimum Gasteiger partial charge on any atom is -0.234 e. The quantitative estimate of drug-likeness (QED) is 0.609. The Morgan fingerprint density at radius 2 is 2.45 bits per heavy atom. The molecule has 59 valence electrons. The van der Waals surface area contributed by atoms with Crippen LogP contribution < -0.4 is 5.32 Å². The summed E-state index contributed by atoms with van der Waals surface area (Å²) in [6, 6.07) is 2.72. The van der Waals surface area contributed by atoms with Gasteiger partial charge in [-0.3, -0.25) is 0 Å². The Balaban J connectivity index is 2.04. The van der Waals surface area contributed by atoms with E-state index in [0.29, 0.717) is 6.04 Å². The molecule has 1 aliphatic heterocycles. The molecule has 2 heteroatoms. The fourth-order valence-corrected chi connectivity index (χ4v) is 2.23. The molecule has 1 radical (unpaired) electrons.